The molecule has 0 bridgehead atoms. The number of nitrogens with one attached hydrogen (secondary N) is 1. The maximum Gasteiger partial charge on any atom is 0.120 e. The molecule has 0 heterocycles. The molecule has 0 fully saturated rings. The van der Waals surface area contributed by atoms with Crippen molar-refractivity contribution in [1.29, 1.82) is 0 Å². The number of aryl methyl sites for hydroxylation is 1. The summed E-state index contributed by atoms with van der Waals surface area (Å²) in [5, 5.41) is 3.43. The topological polar surface area (TPSA) is 21.3 Å². The first-order chi connectivity index (χ1) is 11.3. The highest BCUT2D eigenvalue weighted by Crippen LogP contribution is 2.32. The summed E-state index contributed by atoms with van der Waals surface area (Å²) in [6.45, 7) is 1.21. The summed E-state index contributed by atoms with van der Waals surface area (Å²) in [4.78, 5) is 0. The van der Waals surface area contributed by atoms with Crippen molar-refractivity contribution in [3.05, 3.63) is 63.6 Å². The highest BCUT2D eigenvalue weighted by molar-refractivity contribution is 9.10. The molecule has 118 valence electrons. The van der Waals surface area contributed by atoms with E-state index in [2.05, 4.69) is 57.5 Å². The van der Waals surface area contributed by atoms with Crippen LogP contribution in [0.25, 0.3) is 0 Å². The van der Waals surface area contributed by atoms with E-state index >= 15 is 0 Å². The molecule has 1 aliphatic rings. The van der Waals surface area contributed by atoms with E-state index in [4.69, 9.17) is 11.2 Å². The summed E-state index contributed by atoms with van der Waals surface area (Å²) in [6.07, 6.45) is 8.80. The molecule has 0 saturated heterocycles. The molecule has 23 heavy (non-hydrogen) atoms. The first-order valence-corrected chi connectivity index (χ1v) is 8.72. The van der Waals surface area contributed by atoms with Crippen LogP contribution in [0.15, 0.2) is 46.9 Å². The number of terminal acetylenes is 1. The molecule has 1 atom stereocenters. The van der Waals surface area contributed by atoms with Gasteiger partial charge >= 0.3 is 0 Å². The number of rotatable bonds is 5. The fourth-order valence-corrected chi connectivity index (χ4v) is 3.29. The van der Waals surface area contributed by atoms with Gasteiger partial charge in [-0.1, -0.05) is 40.0 Å². The van der Waals surface area contributed by atoms with Crippen LogP contribution in [0.5, 0.6) is 5.75 Å². The number of benzene rings is 2. The van der Waals surface area contributed by atoms with Crippen LogP contribution >= 0.6 is 15.9 Å². The third-order valence-electron chi connectivity index (χ3n) is 4.20. The molecule has 2 aromatic carbocycles. The van der Waals surface area contributed by atoms with Gasteiger partial charge in [0.05, 0.1) is 6.54 Å². The van der Waals surface area contributed by atoms with Gasteiger partial charge in [-0.25, -0.2) is 0 Å². The van der Waals surface area contributed by atoms with E-state index in [0.717, 1.165) is 23.1 Å². The summed E-state index contributed by atoms with van der Waals surface area (Å²) >= 11 is 3.45. The first-order valence-electron chi connectivity index (χ1n) is 7.93. The van der Waals surface area contributed by atoms with E-state index < -0.39 is 0 Å². The van der Waals surface area contributed by atoms with Crippen LogP contribution in [0.1, 0.15) is 35.6 Å². The van der Waals surface area contributed by atoms with E-state index in [9.17, 15) is 0 Å². The van der Waals surface area contributed by atoms with Gasteiger partial charge < -0.3 is 4.74 Å². The Balaban J connectivity index is 1.68. The average molecular weight is 370 g/mol. The zero-order valence-electron chi connectivity index (χ0n) is 13.0. The van der Waals surface area contributed by atoms with Crippen molar-refractivity contribution in [1.82, 2.24) is 5.32 Å². The second-order valence-electron chi connectivity index (χ2n) is 5.81. The lowest BCUT2D eigenvalue weighted by molar-refractivity contribution is 0.305. The number of hydrogen-bond acceptors (Lipinski definition) is 2. The zero-order valence-corrected chi connectivity index (χ0v) is 14.6. The van der Waals surface area contributed by atoms with Gasteiger partial charge in [0.2, 0.25) is 0 Å². The van der Waals surface area contributed by atoms with Crippen LogP contribution < -0.4 is 10.1 Å². The van der Waals surface area contributed by atoms with Gasteiger partial charge in [-0.3, -0.25) is 5.32 Å². The number of ether oxygens (including phenoxy) is 1. The first kappa shape index (κ1) is 16.1. The van der Waals surface area contributed by atoms with E-state index in [1.54, 1.807) is 0 Å². The van der Waals surface area contributed by atoms with Gasteiger partial charge in [-0.05, 0) is 60.2 Å². The molecule has 2 nitrogen and oxygen atoms in total. The Bertz CT molecular complexity index is 703. The van der Waals surface area contributed by atoms with Gasteiger partial charge in [0.1, 0.15) is 12.4 Å². The predicted octanol–water partition coefficient (Wildman–Crippen LogP) is 4.63. The molecular formula is C20H20BrNO. The maximum atomic E-state index is 5.95. The molecule has 3 rings (SSSR count). The van der Waals surface area contributed by atoms with Gasteiger partial charge in [0.15, 0.2) is 0 Å². The van der Waals surface area contributed by atoms with Crippen molar-refractivity contribution in [2.75, 3.05) is 6.54 Å². The predicted molar refractivity (Wildman–Crippen MR) is 97.4 cm³/mol. The Morgan fingerprint density at radius 1 is 1.22 bits per heavy atom. The summed E-state index contributed by atoms with van der Waals surface area (Å²) < 4.78 is 7.03. The fraction of sp³-hybridized carbons (Fsp3) is 0.300. The zero-order chi connectivity index (χ0) is 16.1. The Morgan fingerprint density at radius 2 is 2.04 bits per heavy atom. The lowest BCUT2D eigenvalue weighted by Gasteiger charge is -2.26. The minimum absolute atomic E-state index is 0.371. The molecule has 0 radical (unpaired) electrons. The summed E-state index contributed by atoms with van der Waals surface area (Å²) in [6, 6.07) is 15.0. The van der Waals surface area contributed by atoms with Crippen LogP contribution in [0.3, 0.4) is 0 Å². The van der Waals surface area contributed by atoms with Crippen molar-refractivity contribution < 1.29 is 4.74 Å². The molecule has 0 aliphatic heterocycles. The van der Waals surface area contributed by atoms with E-state index in [0.29, 0.717) is 19.2 Å². The molecule has 0 aromatic heterocycles. The molecule has 0 saturated carbocycles. The fourth-order valence-electron chi connectivity index (χ4n) is 3.02. The molecule has 1 aliphatic carbocycles. The van der Waals surface area contributed by atoms with E-state index in [-0.39, 0.29) is 0 Å². The Kier molecular flexibility index (Phi) is 5.38. The van der Waals surface area contributed by atoms with E-state index in [1.165, 1.54) is 23.1 Å². The minimum atomic E-state index is 0.371. The molecule has 1 N–H and O–H groups in total. The Hall–Kier alpha value is -1.76. The molecule has 0 spiro atoms. The third-order valence-corrected chi connectivity index (χ3v) is 4.73. The second kappa shape index (κ2) is 7.68. The van der Waals surface area contributed by atoms with Crippen molar-refractivity contribution in [2.24, 2.45) is 0 Å². The summed E-state index contributed by atoms with van der Waals surface area (Å²) in [5.41, 5.74) is 3.90. The van der Waals surface area contributed by atoms with E-state index in [1.807, 2.05) is 12.1 Å². The lowest BCUT2D eigenvalue weighted by Crippen LogP contribution is -2.25. The normalized spacial score (nSPS) is 16.4. The smallest absolute Gasteiger partial charge is 0.120 e. The van der Waals surface area contributed by atoms with Gasteiger partial charge in [0, 0.05) is 10.5 Å². The average Bonchev–Trinajstić information content (AvgIpc) is 2.59. The van der Waals surface area contributed by atoms with Crippen LogP contribution in [-0.4, -0.2) is 6.54 Å². The largest absolute Gasteiger partial charge is 0.489 e. The maximum absolute atomic E-state index is 5.95. The quantitative estimate of drug-likeness (QED) is 0.775. The summed E-state index contributed by atoms with van der Waals surface area (Å²) in [7, 11) is 0. The van der Waals surface area contributed by atoms with Crippen LogP contribution in [0.2, 0.25) is 0 Å². The number of halogens is 1. The highest BCUT2D eigenvalue weighted by Gasteiger charge is 2.19. The van der Waals surface area contributed by atoms with Crippen LogP contribution in [-0.2, 0) is 13.0 Å². The SMILES string of the molecule is C#CCNC1CCCc2cc(OCc3ccc(Br)cc3)ccc21. The van der Waals surface area contributed by atoms with Gasteiger partial charge in [0.25, 0.3) is 0 Å². The van der Waals surface area contributed by atoms with Gasteiger partial charge in [-0.2, -0.15) is 0 Å². The molecule has 2 aromatic rings. The lowest BCUT2D eigenvalue weighted by atomic mass is 9.87. The van der Waals surface area contributed by atoms with Gasteiger partial charge in [-0.15, -0.1) is 6.42 Å². The molecule has 0 amide bonds. The van der Waals surface area contributed by atoms with Crippen molar-refractivity contribution in [2.45, 2.75) is 31.9 Å². The number of hydrogen-bond donors (Lipinski definition) is 1. The minimum Gasteiger partial charge on any atom is -0.489 e. The van der Waals surface area contributed by atoms with Crippen LogP contribution in [0, 0.1) is 12.3 Å². The summed E-state index contributed by atoms with van der Waals surface area (Å²) in [5.74, 6) is 3.59. The third kappa shape index (κ3) is 4.16. The second-order valence-corrected chi connectivity index (χ2v) is 6.72. The van der Waals surface area contributed by atoms with Crippen molar-refractivity contribution in [3.63, 3.8) is 0 Å². The molecular weight excluding hydrogens is 350 g/mol. The molecule has 1 unspecified atom stereocenters. The standard InChI is InChI=1S/C20H20BrNO/c1-2-12-22-20-5-3-4-16-13-18(10-11-19(16)20)23-14-15-6-8-17(21)9-7-15/h1,6-11,13,20,22H,3-5,12,14H2. The highest BCUT2D eigenvalue weighted by atomic mass is 79.9. The Labute approximate surface area is 146 Å². The van der Waals surface area contributed by atoms with Crippen LogP contribution in [0.4, 0.5) is 0 Å². The monoisotopic (exact) mass is 369 g/mol. The van der Waals surface area contributed by atoms with Crippen molar-refractivity contribution >= 4 is 15.9 Å². The Morgan fingerprint density at radius 3 is 2.83 bits per heavy atom. The number of fused-ring (bicyclic) bond motifs is 1. The van der Waals surface area contributed by atoms with Crippen molar-refractivity contribution in [3.8, 4) is 18.1 Å². The molecule has 3 heteroatoms.